The summed E-state index contributed by atoms with van der Waals surface area (Å²) in [7, 11) is 0. The maximum Gasteiger partial charge on any atom is 0.257 e. The van der Waals surface area contributed by atoms with Gasteiger partial charge in [-0.2, -0.15) is 5.10 Å². The van der Waals surface area contributed by atoms with Crippen molar-refractivity contribution in [2.45, 2.75) is 65.6 Å². The second kappa shape index (κ2) is 5.76. The molecule has 1 aliphatic rings. The Labute approximate surface area is 115 Å². The average molecular weight is 263 g/mol. The average Bonchev–Trinajstić information content (AvgIpc) is 2.76. The fourth-order valence-electron chi connectivity index (χ4n) is 2.92. The summed E-state index contributed by atoms with van der Waals surface area (Å²) < 4.78 is 1.87. The predicted molar refractivity (Wildman–Crippen MR) is 76.0 cm³/mol. The number of aromatic nitrogens is 2. The molecule has 2 atom stereocenters. The van der Waals surface area contributed by atoms with Crippen LogP contribution in [0.3, 0.4) is 0 Å². The Morgan fingerprint density at radius 1 is 1.37 bits per heavy atom. The molecule has 19 heavy (non-hydrogen) atoms. The Kier molecular flexibility index (Phi) is 4.27. The fraction of sp³-hybridized carbons (Fsp3) is 0.733. The molecule has 0 saturated carbocycles. The van der Waals surface area contributed by atoms with E-state index < -0.39 is 0 Å². The molecule has 2 heterocycles. The molecular weight excluding hydrogens is 238 g/mol. The molecule has 0 bridgehead atoms. The highest BCUT2D eigenvalue weighted by Gasteiger charge is 2.30. The minimum atomic E-state index is 0.134. The molecule has 4 nitrogen and oxygen atoms in total. The van der Waals surface area contributed by atoms with Crippen molar-refractivity contribution in [2.75, 3.05) is 0 Å². The topological polar surface area (TPSA) is 38.1 Å². The normalized spacial score (nSPS) is 23.9. The molecule has 4 heteroatoms. The molecule has 1 fully saturated rings. The summed E-state index contributed by atoms with van der Waals surface area (Å²) in [5, 5.41) is 4.29. The molecule has 0 spiro atoms. The highest BCUT2D eigenvalue weighted by atomic mass is 16.2. The lowest BCUT2D eigenvalue weighted by atomic mass is 9.97. The first kappa shape index (κ1) is 14.1. The van der Waals surface area contributed by atoms with Crippen LogP contribution in [0.2, 0.25) is 0 Å². The zero-order valence-corrected chi connectivity index (χ0v) is 12.5. The molecule has 1 saturated heterocycles. The SMILES string of the molecule is CC(C)Cn1cc(C(=O)N2[C@H](C)CCC[C@@H]2C)cn1. The van der Waals surface area contributed by atoms with Crippen molar-refractivity contribution in [1.82, 2.24) is 14.7 Å². The van der Waals surface area contributed by atoms with Crippen molar-refractivity contribution in [1.29, 1.82) is 0 Å². The maximum absolute atomic E-state index is 12.6. The highest BCUT2D eigenvalue weighted by Crippen LogP contribution is 2.24. The van der Waals surface area contributed by atoms with Crippen LogP contribution < -0.4 is 0 Å². The summed E-state index contributed by atoms with van der Waals surface area (Å²) in [4.78, 5) is 14.6. The summed E-state index contributed by atoms with van der Waals surface area (Å²) in [5.74, 6) is 0.672. The van der Waals surface area contributed by atoms with Crippen molar-refractivity contribution in [2.24, 2.45) is 5.92 Å². The zero-order valence-electron chi connectivity index (χ0n) is 12.5. The van der Waals surface area contributed by atoms with Gasteiger partial charge in [-0.1, -0.05) is 13.8 Å². The zero-order chi connectivity index (χ0) is 14.0. The van der Waals surface area contributed by atoms with Gasteiger partial charge in [-0.25, -0.2) is 0 Å². The Morgan fingerprint density at radius 2 is 2.00 bits per heavy atom. The summed E-state index contributed by atoms with van der Waals surface area (Å²) in [6.45, 7) is 9.45. The van der Waals surface area contributed by atoms with Gasteiger partial charge in [0.1, 0.15) is 0 Å². The van der Waals surface area contributed by atoms with Crippen molar-refractivity contribution in [3.8, 4) is 0 Å². The molecule has 2 rings (SSSR count). The number of carbonyl (C=O) groups is 1. The van der Waals surface area contributed by atoms with Gasteiger partial charge in [-0.05, 0) is 39.0 Å². The first-order valence-corrected chi connectivity index (χ1v) is 7.34. The Balaban J connectivity index is 2.12. The van der Waals surface area contributed by atoms with Crippen molar-refractivity contribution in [3.05, 3.63) is 18.0 Å². The van der Waals surface area contributed by atoms with Crippen LogP contribution in [0, 0.1) is 5.92 Å². The number of nitrogens with zero attached hydrogens (tertiary/aromatic N) is 3. The maximum atomic E-state index is 12.6. The second-order valence-corrected chi connectivity index (χ2v) is 6.19. The van der Waals surface area contributed by atoms with Crippen LogP contribution in [-0.2, 0) is 6.54 Å². The van der Waals surface area contributed by atoms with Crippen molar-refractivity contribution < 1.29 is 4.79 Å². The molecule has 1 amide bonds. The van der Waals surface area contributed by atoms with E-state index in [1.54, 1.807) is 6.20 Å². The minimum absolute atomic E-state index is 0.134. The van der Waals surface area contributed by atoms with Crippen LogP contribution in [0.25, 0.3) is 0 Å². The lowest BCUT2D eigenvalue weighted by Crippen LogP contribution is -2.47. The van der Waals surface area contributed by atoms with Crippen molar-refractivity contribution in [3.63, 3.8) is 0 Å². The molecular formula is C15H25N3O. The third kappa shape index (κ3) is 3.17. The number of rotatable bonds is 3. The van der Waals surface area contributed by atoms with E-state index in [-0.39, 0.29) is 5.91 Å². The number of amides is 1. The second-order valence-electron chi connectivity index (χ2n) is 6.19. The van der Waals surface area contributed by atoms with Gasteiger partial charge in [0, 0.05) is 24.8 Å². The predicted octanol–water partition coefficient (Wildman–Crippen LogP) is 2.94. The Bertz CT molecular complexity index is 428. The molecule has 1 aliphatic heterocycles. The van der Waals surface area contributed by atoms with Gasteiger partial charge in [-0.15, -0.1) is 0 Å². The van der Waals surface area contributed by atoms with Crippen LogP contribution in [-0.4, -0.2) is 32.7 Å². The smallest absolute Gasteiger partial charge is 0.257 e. The Morgan fingerprint density at radius 3 is 2.58 bits per heavy atom. The first-order valence-electron chi connectivity index (χ1n) is 7.34. The van der Waals surface area contributed by atoms with E-state index in [1.165, 1.54) is 6.42 Å². The number of carbonyl (C=O) groups excluding carboxylic acids is 1. The lowest BCUT2D eigenvalue weighted by molar-refractivity contribution is 0.0510. The third-order valence-corrected chi connectivity index (χ3v) is 3.86. The molecule has 0 aromatic carbocycles. The van der Waals surface area contributed by atoms with Crippen LogP contribution in [0.1, 0.15) is 57.3 Å². The molecule has 0 unspecified atom stereocenters. The third-order valence-electron chi connectivity index (χ3n) is 3.86. The van der Waals surface area contributed by atoms with Crippen LogP contribution >= 0.6 is 0 Å². The monoisotopic (exact) mass is 263 g/mol. The number of likely N-dealkylation sites (tertiary alicyclic amines) is 1. The van der Waals surface area contributed by atoms with Gasteiger partial charge in [0.15, 0.2) is 0 Å². The Hall–Kier alpha value is -1.32. The fourth-order valence-corrected chi connectivity index (χ4v) is 2.92. The van der Waals surface area contributed by atoms with Crippen LogP contribution in [0.4, 0.5) is 0 Å². The summed E-state index contributed by atoms with van der Waals surface area (Å²) in [6.07, 6.45) is 7.03. The summed E-state index contributed by atoms with van der Waals surface area (Å²) >= 11 is 0. The van der Waals surface area contributed by atoms with E-state index in [1.807, 2.05) is 15.8 Å². The van der Waals surface area contributed by atoms with E-state index in [4.69, 9.17) is 0 Å². The number of piperidine rings is 1. The first-order chi connectivity index (χ1) is 8.99. The standard InChI is InChI=1S/C15H25N3O/c1-11(2)9-17-10-14(8-16-17)15(19)18-12(3)6-5-7-13(18)4/h8,10-13H,5-7,9H2,1-4H3/t12-,13+. The van der Waals surface area contributed by atoms with Gasteiger partial charge in [0.25, 0.3) is 5.91 Å². The van der Waals surface area contributed by atoms with Crippen LogP contribution in [0.5, 0.6) is 0 Å². The quantitative estimate of drug-likeness (QED) is 0.841. The molecule has 106 valence electrons. The summed E-state index contributed by atoms with van der Waals surface area (Å²) in [5.41, 5.74) is 0.723. The van der Waals surface area contributed by atoms with E-state index in [0.29, 0.717) is 18.0 Å². The molecule has 0 N–H and O–H groups in total. The minimum Gasteiger partial charge on any atom is -0.333 e. The van der Waals surface area contributed by atoms with E-state index in [2.05, 4.69) is 32.8 Å². The van der Waals surface area contributed by atoms with Gasteiger partial charge < -0.3 is 4.90 Å². The van der Waals surface area contributed by atoms with Gasteiger partial charge in [0.2, 0.25) is 0 Å². The molecule has 1 aromatic heterocycles. The molecule has 1 aromatic rings. The number of hydrogen-bond donors (Lipinski definition) is 0. The van der Waals surface area contributed by atoms with Crippen molar-refractivity contribution >= 4 is 5.91 Å². The van der Waals surface area contributed by atoms with E-state index in [9.17, 15) is 4.79 Å². The van der Waals surface area contributed by atoms with E-state index >= 15 is 0 Å². The van der Waals surface area contributed by atoms with Gasteiger partial charge >= 0.3 is 0 Å². The largest absolute Gasteiger partial charge is 0.333 e. The summed E-state index contributed by atoms with van der Waals surface area (Å²) in [6, 6.07) is 0.675. The van der Waals surface area contributed by atoms with Crippen LogP contribution in [0.15, 0.2) is 12.4 Å². The molecule has 0 aliphatic carbocycles. The number of hydrogen-bond acceptors (Lipinski definition) is 2. The lowest BCUT2D eigenvalue weighted by Gasteiger charge is -2.38. The molecule has 0 radical (unpaired) electrons. The van der Waals surface area contributed by atoms with E-state index in [0.717, 1.165) is 24.9 Å². The highest BCUT2D eigenvalue weighted by molar-refractivity contribution is 5.94. The van der Waals surface area contributed by atoms with Gasteiger partial charge in [-0.3, -0.25) is 9.48 Å². The van der Waals surface area contributed by atoms with Gasteiger partial charge in [0.05, 0.1) is 11.8 Å².